The molecular weight excluding hydrogens is 260 g/mol. The van der Waals surface area contributed by atoms with Crippen molar-refractivity contribution in [3.05, 3.63) is 0 Å². The first-order chi connectivity index (χ1) is 7.83. The predicted molar refractivity (Wildman–Crippen MR) is 66.4 cm³/mol. The third kappa shape index (κ3) is 7.59. The molecule has 0 aliphatic rings. The molecule has 0 aromatic heterocycles. The van der Waals surface area contributed by atoms with Gasteiger partial charge in [-0.2, -0.15) is 0 Å². The minimum Gasteiger partial charge on any atom is -0.549 e. The van der Waals surface area contributed by atoms with Crippen LogP contribution in [0.1, 0.15) is 59.3 Å². The third-order valence-corrected chi connectivity index (χ3v) is 3.18. The maximum atomic E-state index is 10.8. The summed E-state index contributed by atoms with van der Waals surface area (Å²) >= 11 is 0. The normalized spacial score (nSPS) is 11.1. The van der Waals surface area contributed by atoms with Gasteiger partial charge in [0.1, 0.15) is 0 Å². The Morgan fingerprint density at radius 1 is 1.00 bits per heavy atom. The monoisotopic (exact) mass is 282 g/mol. The maximum Gasteiger partial charge on any atom is 2.00 e. The molecule has 0 aliphatic carbocycles. The van der Waals surface area contributed by atoms with Crippen LogP contribution in [0.2, 0.25) is 0 Å². The number of carboxylic acid groups (broad SMARTS) is 2. The zero-order chi connectivity index (χ0) is 13.5. The van der Waals surface area contributed by atoms with Crippen LogP contribution in [0.3, 0.4) is 0 Å². The van der Waals surface area contributed by atoms with Crippen LogP contribution in [-0.4, -0.2) is 49.7 Å². The average Bonchev–Trinajstić information content (AvgIpc) is 2.15. The van der Waals surface area contributed by atoms with Gasteiger partial charge in [-0.3, -0.25) is 0 Å². The van der Waals surface area contributed by atoms with Gasteiger partial charge in [0.25, 0.3) is 0 Å². The molecule has 0 heterocycles. The molecule has 0 rings (SSSR count). The number of hydrogen-bond acceptors (Lipinski definition) is 4. The summed E-state index contributed by atoms with van der Waals surface area (Å²) in [5, 5.41) is 21.6. The van der Waals surface area contributed by atoms with Gasteiger partial charge in [-0.1, -0.05) is 52.9 Å². The van der Waals surface area contributed by atoms with Gasteiger partial charge in [-0.05, 0) is 11.8 Å². The van der Waals surface area contributed by atoms with Crippen LogP contribution in [0.15, 0.2) is 0 Å². The molecule has 100 valence electrons. The first kappa shape index (κ1) is 20.5. The summed E-state index contributed by atoms with van der Waals surface area (Å²) in [7, 11) is 0. The van der Waals surface area contributed by atoms with Crippen molar-refractivity contribution < 1.29 is 19.8 Å². The molecule has 0 unspecified atom stereocenters. The molecule has 0 atom stereocenters. The SMILES string of the molecule is CCCCCCCC(C)(C)C(C(=O)[O-])C(=O)[O-].[Ca+2]. The van der Waals surface area contributed by atoms with Crippen molar-refractivity contribution in [1.29, 1.82) is 0 Å². The van der Waals surface area contributed by atoms with Crippen LogP contribution in [0.25, 0.3) is 0 Å². The summed E-state index contributed by atoms with van der Waals surface area (Å²) in [6, 6.07) is 0. The number of aliphatic carboxylic acids is 2. The van der Waals surface area contributed by atoms with E-state index in [0.29, 0.717) is 6.42 Å². The molecule has 0 spiro atoms. The molecule has 0 aromatic carbocycles. The minimum atomic E-state index is -1.55. The zero-order valence-electron chi connectivity index (χ0n) is 11.7. The Morgan fingerprint density at radius 2 is 1.44 bits per heavy atom. The van der Waals surface area contributed by atoms with Crippen molar-refractivity contribution >= 4 is 49.7 Å². The Hall–Kier alpha value is 0.200. The van der Waals surface area contributed by atoms with Gasteiger partial charge in [0.05, 0.1) is 11.9 Å². The van der Waals surface area contributed by atoms with E-state index >= 15 is 0 Å². The van der Waals surface area contributed by atoms with E-state index in [2.05, 4.69) is 6.92 Å². The van der Waals surface area contributed by atoms with E-state index in [9.17, 15) is 19.8 Å². The molecule has 4 nitrogen and oxygen atoms in total. The molecule has 18 heavy (non-hydrogen) atoms. The van der Waals surface area contributed by atoms with Gasteiger partial charge < -0.3 is 19.8 Å². The van der Waals surface area contributed by atoms with E-state index in [1.165, 1.54) is 0 Å². The molecule has 0 radical (unpaired) electrons. The molecule has 0 aromatic rings. The fourth-order valence-electron chi connectivity index (χ4n) is 2.06. The first-order valence-electron chi connectivity index (χ1n) is 6.24. The molecule has 0 N–H and O–H groups in total. The molecule has 0 saturated carbocycles. The summed E-state index contributed by atoms with van der Waals surface area (Å²) in [5.41, 5.74) is -0.816. The molecule has 0 amide bonds. The van der Waals surface area contributed by atoms with E-state index in [0.717, 1.165) is 32.1 Å². The first-order valence-corrected chi connectivity index (χ1v) is 6.24. The smallest absolute Gasteiger partial charge is 0.549 e. The van der Waals surface area contributed by atoms with Crippen LogP contribution in [0.5, 0.6) is 0 Å². The van der Waals surface area contributed by atoms with Crippen LogP contribution in [-0.2, 0) is 9.59 Å². The minimum absolute atomic E-state index is 0. The van der Waals surface area contributed by atoms with Crippen molar-refractivity contribution in [3.8, 4) is 0 Å². The zero-order valence-corrected chi connectivity index (χ0v) is 13.9. The second-order valence-corrected chi connectivity index (χ2v) is 5.22. The van der Waals surface area contributed by atoms with E-state index in [1.54, 1.807) is 13.8 Å². The van der Waals surface area contributed by atoms with Crippen LogP contribution < -0.4 is 10.2 Å². The standard InChI is InChI=1S/C13H24O4.Ca/c1-4-5-6-7-8-9-13(2,3)10(11(14)15)12(16)17;/h10H,4-9H2,1-3H3,(H,14,15)(H,16,17);/q;+2/p-2. The summed E-state index contributed by atoms with van der Waals surface area (Å²) in [6.45, 7) is 5.40. The molecule has 0 bridgehead atoms. The number of unbranched alkanes of at least 4 members (excludes halogenated alkanes) is 4. The van der Waals surface area contributed by atoms with E-state index in [4.69, 9.17) is 0 Å². The van der Waals surface area contributed by atoms with E-state index in [-0.39, 0.29) is 37.7 Å². The van der Waals surface area contributed by atoms with Crippen LogP contribution >= 0.6 is 0 Å². The fourth-order valence-corrected chi connectivity index (χ4v) is 2.06. The second-order valence-electron chi connectivity index (χ2n) is 5.22. The Kier molecular flexibility index (Phi) is 11.4. The van der Waals surface area contributed by atoms with Gasteiger partial charge in [-0.15, -0.1) is 0 Å². The average molecular weight is 282 g/mol. The van der Waals surface area contributed by atoms with E-state index < -0.39 is 23.3 Å². The number of carbonyl (C=O) groups excluding carboxylic acids is 2. The van der Waals surface area contributed by atoms with Crippen molar-refractivity contribution in [2.24, 2.45) is 11.3 Å². The van der Waals surface area contributed by atoms with Gasteiger partial charge in [-0.25, -0.2) is 0 Å². The Bertz CT molecular complexity index is 250. The summed E-state index contributed by atoms with van der Waals surface area (Å²) in [6.07, 6.45) is 5.81. The number of carboxylic acids is 2. The Balaban J connectivity index is 0. The van der Waals surface area contributed by atoms with Gasteiger partial charge in [0.15, 0.2) is 0 Å². The fraction of sp³-hybridized carbons (Fsp3) is 0.846. The molecule has 0 saturated heterocycles. The van der Waals surface area contributed by atoms with Gasteiger partial charge in [0, 0.05) is 5.92 Å². The van der Waals surface area contributed by atoms with Gasteiger partial charge in [0.2, 0.25) is 0 Å². The predicted octanol–water partition coefficient (Wildman–Crippen LogP) is 0.108. The summed E-state index contributed by atoms with van der Waals surface area (Å²) in [5.74, 6) is -4.64. The van der Waals surface area contributed by atoms with Crippen molar-refractivity contribution in [2.75, 3.05) is 0 Å². The van der Waals surface area contributed by atoms with Crippen LogP contribution in [0.4, 0.5) is 0 Å². The molecule has 0 aliphatic heterocycles. The Labute approximate surface area is 139 Å². The van der Waals surface area contributed by atoms with E-state index in [1.807, 2.05) is 0 Å². The topological polar surface area (TPSA) is 80.3 Å². The molecular formula is C13H22CaO4. The second kappa shape index (κ2) is 10.0. The summed E-state index contributed by atoms with van der Waals surface area (Å²) < 4.78 is 0. The largest absolute Gasteiger partial charge is 2.00 e. The number of rotatable bonds is 9. The number of hydrogen-bond donors (Lipinski definition) is 0. The third-order valence-electron chi connectivity index (χ3n) is 3.18. The van der Waals surface area contributed by atoms with Crippen LogP contribution in [0, 0.1) is 11.3 Å². The quantitative estimate of drug-likeness (QED) is 0.341. The van der Waals surface area contributed by atoms with Crippen molar-refractivity contribution in [3.63, 3.8) is 0 Å². The molecule has 5 heteroatoms. The van der Waals surface area contributed by atoms with Gasteiger partial charge >= 0.3 is 37.7 Å². The van der Waals surface area contributed by atoms with Crippen molar-refractivity contribution in [2.45, 2.75) is 59.3 Å². The molecule has 0 fully saturated rings. The Morgan fingerprint density at radius 3 is 1.83 bits per heavy atom. The maximum absolute atomic E-state index is 10.8. The number of carbonyl (C=O) groups is 2. The summed E-state index contributed by atoms with van der Waals surface area (Å²) in [4.78, 5) is 21.6. The van der Waals surface area contributed by atoms with Crippen molar-refractivity contribution in [1.82, 2.24) is 0 Å².